The minimum absolute atomic E-state index is 0.0252. The zero-order valence-corrected chi connectivity index (χ0v) is 27.0. The quantitative estimate of drug-likeness (QED) is 0.142. The number of carbonyl (C=O) groups is 5. The molecule has 0 aromatic heterocycles. The van der Waals surface area contributed by atoms with E-state index in [1.54, 1.807) is 56.3 Å². The number of carbonyl (C=O) groups excluding carboxylic acids is 4. The van der Waals surface area contributed by atoms with Crippen LogP contribution in [0.4, 0.5) is 0 Å². The largest absolute Gasteiger partial charge is 0.480 e. The van der Waals surface area contributed by atoms with Crippen LogP contribution in [-0.2, 0) is 39.5 Å². The molecule has 1 aliphatic heterocycles. The smallest absolute Gasteiger partial charge is 0.469 e. The number of phosphoric ester groups is 1. The standard InChI is InChI=1S/C32H41N4O10P/c1-21(2)28(30(39)34-24(32(41)42)19-23-13-7-4-8-14-23)35-29(38)26-16-10-18-36(26)31(40)25(20-46-47(43,44)45)33-27(37)17-9-15-22-11-5-3-6-12-22/h3-9,11-15,21,24-26,28H,10,16-20H2,1-2H3,(H,33,37)(H,34,39)(H,35,38)(H,41,42)(H2,43,44,45)/b15-9+/t24-,25-,26-,28-/m0/s1. The monoisotopic (exact) mass is 672 g/mol. The molecule has 4 atom stereocenters. The molecule has 15 heteroatoms. The average molecular weight is 673 g/mol. The Morgan fingerprint density at radius 1 is 0.957 bits per heavy atom. The summed E-state index contributed by atoms with van der Waals surface area (Å²) in [4.78, 5) is 84.6. The molecule has 1 heterocycles. The van der Waals surface area contributed by atoms with Crippen molar-refractivity contribution in [1.29, 1.82) is 0 Å². The maximum atomic E-state index is 13.6. The van der Waals surface area contributed by atoms with Crippen molar-refractivity contribution < 1.29 is 48.0 Å². The molecule has 2 aromatic rings. The zero-order chi connectivity index (χ0) is 34.6. The fourth-order valence-electron chi connectivity index (χ4n) is 5.06. The molecule has 0 aliphatic carbocycles. The third kappa shape index (κ3) is 12.1. The number of nitrogens with zero attached hydrogens (tertiary/aromatic N) is 1. The van der Waals surface area contributed by atoms with Crippen LogP contribution in [0.5, 0.6) is 0 Å². The van der Waals surface area contributed by atoms with Crippen LogP contribution >= 0.6 is 7.82 Å². The molecule has 1 fully saturated rings. The number of carboxylic acid groups (broad SMARTS) is 1. The van der Waals surface area contributed by atoms with Gasteiger partial charge in [0.1, 0.15) is 24.2 Å². The highest BCUT2D eigenvalue weighted by atomic mass is 31.2. The van der Waals surface area contributed by atoms with E-state index in [0.717, 1.165) is 5.56 Å². The molecule has 1 saturated heterocycles. The molecule has 0 unspecified atom stereocenters. The normalized spacial score (nSPS) is 16.8. The van der Waals surface area contributed by atoms with E-state index in [0.29, 0.717) is 12.0 Å². The van der Waals surface area contributed by atoms with Crippen molar-refractivity contribution in [3.8, 4) is 0 Å². The van der Waals surface area contributed by atoms with E-state index in [4.69, 9.17) is 0 Å². The van der Waals surface area contributed by atoms with Gasteiger partial charge in [-0.1, -0.05) is 86.7 Å². The summed E-state index contributed by atoms with van der Waals surface area (Å²) < 4.78 is 16.0. The van der Waals surface area contributed by atoms with E-state index in [-0.39, 0.29) is 25.8 Å². The Balaban J connectivity index is 1.69. The first kappa shape index (κ1) is 37.1. The van der Waals surface area contributed by atoms with Crippen molar-refractivity contribution in [2.75, 3.05) is 13.2 Å². The number of nitrogens with one attached hydrogen (secondary N) is 3. The molecule has 0 radical (unpaired) electrons. The van der Waals surface area contributed by atoms with Crippen LogP contribution in [0.2, 0.25) is 0 Å². The number of carboxylic acids is 1. The van der Waals surface area contributed by atoms with Crippen molar-refractivity contribution in [3.63, 3.8) is 0 Å². The first-order valence-corrected chi connectivity index (χ1v) is 16.7. The SMILES string of the molecule is CC(C)[C@H](NC(=O)[C@@H]1CCCN1C(=O)[C@H](COP(=O)(O)O)NC(=O)C/C=C/c1ccccc1)C(=O)N[C@@H](Cc1ccccc1)C(=O)O. The molecule has 0 bridgehead atoms. The summed E-state index contributed by atoms with van der Waals surface area (Å²) in [5.74, 6) is -4.50. The first-order valence-electron chi connectivity index (χ1n) is 15.1. The Bertz CT molecular complexity index is 1460. The molecule has 0 saturated carbocycles. The fraction of sp³-hybridized carbons (Fsp3) is 0.406. The maximum Gasteiger partial charge on any atom is 0.469 e. The molecule has 2 aromatic carbocycles. The highest BCUT2D eigenvalue weighted by Gasteiger charge is 2.40. The van der Waals surface area contributed by atoms with Gasteiger partial charge in [-0.2, -0.15) is 0 Å². The second kappa shape index (κ2) is 17.5. The van der Waals surface area contributed by atoms with E-state index in [1.807, 2.05) is 30.3 Å². The molecule has 254 valence electrons. The van der Waals surface area contributed by atoms with Crippen LogP contribution in [0.3, 0.4) is 0 Å². The van der Waals surface area contributed by atoms with Crippen LogP contribution in [0.15, 0.2) is 66.7 Å². The summed E-state index contributed by atoms with van der Waals surface area (Å²) in [7, 11) is -5.01. The molecular formula is C32H41N4O10P. The fourth-order valence-corrected chi connectivity index (χ4v) is 5.41. The predicted octanol–water partition coefficient (Wildman–Crippen LogP) is 1.63. The minimum atomic E-state index is -5.01. The molecule has 14 nitrogen and oxygen atoms in total. The van der Waals surface area contributed by atoms with E-state index >= 15 is 0 Å². The van der Waals surface area contributed by atoms with E-state index in [1.165, 1.54) is 4.90 Å². The van der Waals surface area contributed by atoms with Crippen LogP contribution in [0.25, 0.3) is 6.08 Å². The van der Waals surface area contributed by atoms with Crippen LogP contribution in [0.1, 0.15) is 44.2 Å². The van der Waals surface area contributed by atoms with Gasteiger partial charge in [0.15, 0.2) is 0 Å². The van der Waals surface area contributed by atoms with Gasteiger partial charge in [-0.05, 0) is 29.9 Å². The molecule has 3 rings (SSSR count). The summed E-state index contributed by atoms with van der Waals surface area (Å²) in [5, 5.41) is 17.3. The van der Waals surface area contributed by atoms with E-state index < -0.39 is 74.1 Å². The number of aliphatic carboxylic acids is 1. The second-order valence-electron chi connectivity index (χ2n) is 11.4. The zero-order valence-electron chi connectivity index (χ0n) is 26.2. The highest BCUT2D eigenvalue weighted by molar-refractivity contribution is 7.46. The summed E-state index contributed by atoms with van der Waals surface area (Å²) >= 11 is 0. The van der Waals surface area contributed by atoms with Gasteiger partial charge in [0, 0.05) is 19.4 Å². The number of amides is 4. The van der Waals surface area contributed by atoms with Crippen molar-refractivity contribution >= 4 is 43.5 Å². The Hall–Kier alpha value is -4.36. The van der Waals surface area contributed by atoms with Crippen LogP contribution in [0, 0.1) is 5.92 Å². The lowest BCUT2D eigenvalue weighted by atomic mass is 10.0. The summed E-state index contributed by atoms with van der Waals surface area (Å²) in [6.45, 7) is 2.60. The van der Waals surface area contributed by atoms with Gasteiger partial charge in [-0.25, -0.2) is 9.36 Å². The van der Waals surface area contributed by atoms with Crippen LogP contribution < -0.4 is 16.0 Å². The van der Waals surface area contributed by atoms with Gasteiger partial charge < -0.3 is 35.7 Å². The highest BCUT2D eigenvalue weighted by Crippen LogP contribution is 2.36. The number of likely N-dealkylation sites (tertiary alicyclic amines) is 1. The molecular weight excluding hydrogens is 631 g/mol. The number of phosphoric acid groups is 1. The van der Waals surface area contributed by atoms with Gasteiger partial charge in [0.25, 0.3) is 0 Å². The topological polar surface area (TPSA) is 212 Å². The number of hydrogen-bond acceptors (Lipinski definition) is 7. The summed E-state index contributed by atoms with van der Waals surface area (Å²) in [6, 6.07) is 12.9. The van der Waals surface area contributed by atoms with Crippen molar-refractivity contribution in [2.45, 2.75) is 63.7 Å². The molecule has 6 N–H and O–H groups in total. The molecule has 1 aliphatic rings. The predicted molar refractivity (Wildman–Crippen MR) is 171 cm³/mol. The second-order valence-corrected chi connectivity index (χ2v) is 12.7. The lowest BCUT2D eigenvalue weighted by molar-refractivity contribution is -0.144. The van der Waals surface area contributed by atoms with Gasteiger partial charge in [0.05, 0.1) is 6.61 Å². The van der Waals surface area contributed by atoms with Crippen molar-refractivity contribution in [3.05, 3.63) is 77.9 Å². The Morgan fingerprint density at radius 3 is 2.19 bits per heavy atom. The number of hydrogen-bond donors (Lipinski definition) is 6. The lowest BCUT2D eigenvalue weighted by Crippen LogP contribution is -2.59. The molecule has 0 spiro atoms. The number of benzene rings is 2. The van der Waals surface area contributed by atoms with Crippen molar-refractivity contribution in [2.24, 2.45) is 5.92 Å². The van der Waals surface area contributed by atoms with Crippen molar-refractivity contribution in [1.82, 2.24) is 20.9 Å². The Kier molecular flexibility index (Phi) is 13.8. The molecule has 47 heavy (non-hydrogen) atoms. The minimum Gasteiger partial charge on any atom is -0.480 e. The van der Waals surface area contributed by atoms with Crippen LogP contribution in [-0.4, -0.2) is 86.7 Å². The van der Waals surface area contributed by atoms with Gasteiger partial charge >= 0.3 is 13.8 Å². The third-order valence-electron chi connectivity index (χ3n) is 7.44. The van der Waals surface area contributed by atoms with E-state index in [2.05, 4.69) is 20.5 Å². The van der Waals surface area contributed by atoms with Gasteiger partial charge in [0.2, 0.25) is 23.6 Å². The van der Waals surface area contributed by atoms with Gasteiger partial charge in [-0.15, -0.1) is 0 Å². The summed E-state index contributed by atoms with van der Waals surface area (Å²) in [5.41, 5.74) is 1.54. The van der Waals surface area contributed by atoms with Gasteiger partial charge in [-0.3, -0.25) is 23.7 Å². The maximum absolute atomic E-state index is 13.6. The van der Waals surface area contributed by atoms with E-state index in [9.17, 15) is 43.4 Å². The third-order valence-corrected chi connectivity index (χ3v) is 7.92. The summed E-state index contributed by atoms with van der Waals surface area (Å²) in [6.07, 6.45) is 3.76. The molecule has 4 amide bonds. The Labute approximate surface area is 272 Å². The number of rotatable bonds is 16. The first-order chi connectivity index (χ1) is 22.2. The average Bonchev–Trinajstić information content (AvgIpc) is 3.52. The Morgan fingerprint density at radius 2 is 1.60 bits per heavy atom. The lowest BCUT2D eigenvalue weighted by Gasteiger charge is -2.30.